The van der Waals surface area contributed by atoms with Crippen LogP contribution in [0.15, 0.2) is 32.5 Å². The number of methoxy groups -OCH3 is 1. The van der Waals surface area contributed by atoms with Gasteiger partial charge in [0.25, 0.3) is 0 Å². The smallest absolute Gasteiger partial charge is 0.168 e. The maximum Gasteiger partial charge on any atom is 0.168 e. The minimum atomic E-state index is -0.343. The Bertz CT molecular complexity index is 587. The van der Waals surface area contributed by atoms with Crippen LogP contribution in [0.1, 0.15) is 16.5 Å². The fourth-order valence-electron chi connectivity index (χ4n) is 1.87. The van der Waals surface area contributed by atoms with E-state index in [2.05, 4.69) is 37.3 Å². The Morgan fingerprint density at radius 2 is 2.20 bits per heavy atom. The number of hydrazine groups is 1. The van der Waals surface area contributed by atoms with Crippen molar-refractivity contribution in [1.82, 2.24) is 5.43 Å². The van der Waals surface area contributed by atoms with Crippen LogP contribution < -0.4 is 16.0 Å². The highest BCUT2D eigenvalue weighted by Crippen LogP contribution is 2.36. The molecule has 0 aliphatic carbocycles. The lowest BCUT2D eigenvalue weighted by molar-refractivity contribution is 0.382. The van der Waals surface area contributed by atoms with Crippen molar-refractivity contribution in [3.63, 3.8) is 0 Å². The van der Waals surface area contributed by atoms with E-state index in [1.807, 2.05) is 6.07 Å². The van der Waals surface area contributed by atoms with E-state index >= 15 is 0 Å². The van der Waals surface area contributed by atoms with E-state index in [0.29, 0.717) is 12.0 Å². The van der Waals surface area contributed by atoms with Gasteiger partial charge in [-0.05, 0) is 56.0 Å². The quantitative estimate of drug-likeness (QED) is 0.560. The largest absolute Gasteiger partial charge is 0.494 e. The highest BCUT2D eigenvalue weighted by atomic mass is 79.9. The molecule has 20 heavy (non-hydrogen) atoms. The van der Waals surface area contributed by atoms with Crippen molar-refractivity contribution in [1.29, 1.82) is 0 Å². The van der Waals surface area contributed by atoms with Gasteiger partial charge in [0.1, 0.15) is 0 Å². The molecular weight excluding hydrogens is 411 g/mol. The third-order valence-corrected chi connectivity index (χ3v) is 6.27. The third-order valence-electron chi connectivity index (χ3n) is 2.90. The van der Waals surface area contributed by atoms with Gasteiger partial charge in [0.2, 0.25) is 0 Å². The van der Waals surface area contributed by atoms with Crippen molar-refractivity contribution < 1.29 is 9.13 Å². The van der Waals surface area contributed by atoms with Crippen LogP contribution in [0, 0.1) is 5.82 Å². The molecule has 3 N–H and O–H groups in total. The second-order valence-electron chi connectivity index (χ2n) is 4.13. The molecule has 1 aromatic heterocycles. The van der Waals surface area contributed by atoms with E-state index < -0.39 is 0 Å². The van der Waals surface area contributed by atoms with Crippen LogP contribution in [0.4, 0.5) is 4.39 Å². The van der Waals surface area contributed by atoms with E-state index in [1.165, 1.54) is 7.11 Å². The van der Waals surface area contributed by atoms with Crippen LogP contribution in [0.2, 0.25) is 0 Å². The van der Waals surface area contributed by atoms with Gasteiger partial charge in [-0.2, -0.15) is 0 Å². The van der Waals surface area contributed by atoms with Gasteiger partial charge in [0.05, 0.1) is 16.9 Å². The molecule has 0 fully saturated rings. The van der Waals surface area contributed by atoms with Crippen molar-refractivity contribution in [2.24, 2.45) is 5.84 Å². The molecule has 2 aromatic rings. The van der Waals surface area contributed by atoms with E-state index in [1.54, 1.807) is 29.5 Å². The predicted octanol–water partition coefficient (Wildman–Crippen LogP) is 4.17. The van der Waals surface area contributed by atoms with E-state index in [-0.39, 0.29) is 17.6 Å². The normalized spacial score (nSPS) is 12.4. The van der Waals surface area contributed by atoms with Gasteiger partial charge >= 0.3 is 0 Å². The highest BCUT2D eigenvalue weighted by molar-refractivity contribution is 9.13. The molecule has 0 radical (unpaired) electrons. The summed E-state index contributed by atoms with van der Waals surface area (Å²) in [5.74, 6) is 5.50. The Hall–Kier alpha value is -0.470. The molecule has 0 bridgehead atoms. The number of rotatable bonds is 5. The number of thiophene rings is 1. The minimum Gasteiger partial charge on any atom is -0.494 e. The summed E-state index contributed by atoms with van der Waals surface area (Å²) in [5, 5.41) is 0. The van der Waals surface area contributed by atoms with Gasteiger partial charge in [0.15, 0.2) is 11.6 Å². The van der Waals surface area contributed by atoms with Crippen LogP contribution in [0.5, 0.6) is 5.75 Å². The number of benzene rings is 1. The van der Waals surface area contributed by atoms with Crippen LogP contribution in [-0.2, 0) is 6.42 Å². The summed E-state index contributed by atoms with van der Waals surface area (Å²) in [6.07, 6.45) is 0.443. The molecule has 0 saturated carbocycles. The fraction of sp³-hybridized carbons (Fsp3) is 0.231. The zero-order valence-corrected chi connectivity index (χ0v) is 14.6. The summed E-state index contributed by atoms with van der Waals surface area (Å²) in [4.78, 5) is 1.02. The molecule has 0 amide bonds. The molecule has 1 aromatic carbocycles. The molecule has 2 rings (SSSR count). The van der Waals surface area contributed by atoms with Crippen LogP contribution in [0.25, 0.3) is 0 Å². The topological polar surface area (TPSA) is 47.3 Å². The summed E-state index contributed by atoms with van der Waals surface area (Å²) < 4.78 is 21.1. The molecule has 7 heteroatoms. The number of nitrogens with two attached hydrogens (primary N) is 1. The summed E-state index contributed by atoms with van der Waals surface area (Å²) in [6.45, 7) is 0. The van der Waals surface area contributed by atoms with Crippen molar-refractivity contribution in [3.8, 4) is 5.75 Å². The average molecular weight is 424 g/mol. The van der Waals surface area contributed by atoms with E-state index in [9.17, 15) is 4.39 Å². The predicted molar refractivity (Wildman–Crippen MR) is 86.4 cm³/mol. The maximum atomic E-state index is 14.2. The second kappa shape index (κ2) is 7.00. The fourth-order valence-corrected chi connectivity index (χ4v) is 4.02. The molecule has 3 nitrogen and oxygen atoms in total. The lowest BCUT2D eigenvalue weighted by Crippen LogP contribution is -2.29. The molecule has 0 aliphatic rings. The molecular formula is C13H13Br2FN2OS. The number of hydrogen-bond acceptors (Lipinski definition) is 4. The zero-order chi connectivity index (χ0) is 14.7. The highest BCUT2D eigenvalue weighted by Gasteiger charge is 2.18. The van der Waals surface area contributed by atoms with Gasteiger partial charge in [-0.25, -0.2) is 4.39 Å². The Kier molecular flexibility index (Phi) is 5.57. The molecule has 108 valence electrons. The Morgan fingerprint density at radius 3 is 2.75 bits per heavy atom. The van der Waals surface area contributed by atoms with Crippen molar-refractivity contribution in [3.05, 3.63) is 48.8 Å². The number of hydrogen-bond donors (Lipinski definition) is 2. The molecule has 0 aliphatic heterocycles. The summed E-state index contributed by atoms with van der Waals surface area (Å²) in [5.41, 5.74) is 3.30. The first kappa shape index (κ1) is 15.9. The van der Waals surface area contributed by atoms with Crippen LogP contribution in [-0.4, -0.2) is 7.11 Å². The van der Waals surface area contributed by atoms with Crippen molar-refractivity contribution in [2.45, 2.75) is 12.5 Å². The van der Waals surface area contributed by atoms with E-state index in [0.717, 1.165) is 13.1 Å². The first-order chi connectivity index (χ1) is 9.56. The van der Waals surface area contributed by atoms with E-state index in [4.69, 9.17) is 10.6 Å². The van der Waals surface area contributed by atoms with Gasteiger partial charge < -0.3 is 4.74 Å². The Labute approximate surface area is 137 Å². The average Bonchev–Trinajstić information content (AvgIpc) is 2.77. The summed E-state index contributed by atoms with van der Waals surface area (Å²) >= 11 is 8.44. The zero-order valence-electron chi connectivity index (χ0n) is 10.6. The van der Waals surface area contributed by atoms with Crippen LogP contribution >= 0.6 is 43.2 Å². The Morgan fingerprint density at radius 1 is 1.45 bits per heavy atom. The first-order valence-electron chi connectivity index (χ1n) is 5.79. The van der Waals surface area contributed by atoms with Gasteiger partial charge in [-0.3, -0.25) is 11.3 Å². The first-order valence-corrected chi connectivity index (χ1v) is 8.19. The molecule has 0 spiro atoms. The minimum absolute atomic E-state index is 0.163. The van der Waals surface area contributed by atoms with Gasteiger partial charge in [-0.15, -0.1) is 11.3 Å². The number of ether oxygens (including phenoxy) is 1. The summed E-state index contributed by atoms with van der Waals surface area (Å²) in [7, 11) is 1.45. The second-order valence-corrected chi connectivity index (χ2v) is 7.38. The Balaban J connectivity index is 2.26. The van der Waals surface area contributed by atoms with Gasteiger partial charge in [0, 0.05) is 9.35 Å². The maximum absolute atomic E-state index is 14.2. The number of nitrogens with one attached hydrogen (secondary N) is 1. The lowest BCUT2D eigenvalue weighted by atomic mass is 10.0. The molecule has 0 saturated heterocycles. The standard InChI is InChI=1S/C13H13Br2FN2OS/c1-19-10-4-2-3-7(12(10)16)5-9(18-17)11-6-8(14)13(15)20-11/h2-4,6,9,18H,5,17H2,1H3. The van der Waals surface area contributed by atoms with Crippen LogP contribution in [0.3, 0.4) is 0 Å². The van der Waals surface area contributed by atoms with Crippen molar-refractivity contribution in [2.75, 3.05) is 7.11 Å². The van der Waals surface area contributed by atoms with Crippen molar-refractivity contribution >= 4 is 43.2 Å². The SMILES string of the molecule is COc1cccc(CC(NN)c2cc(Br)c(Br)s2)c1F. The monoisotopic (exact) mass is 422 g/mol. The number of halogens is 3. The molecule has 1 atom stereocenters. The molecule has 1 heterocycles. The molecule has 1 unspecified atom stereocenters. The third kappa shape index (κ3) is 3.40. The van der Waals surface area contributed by atoms with Gasteiger partial charge in [-0.1, -0.05) is 12.1 Å². The summed E-state index contributed by atoms with van der Waals surface area (Å²) in [6, 6.07) is 6.91. The lowest BCUT2D eigenvalue weighted by Gasteiger charge is -2.15.